The first kappa shape index (κ1) is 25.4. The standard InChI is InChI=1S/C28H29ClN2O5/c1-17-13-19(35-16-20-15-31(4)24-7-5-6-8-25(24)36-20)10-11-21(17)26(32)30-18-9-12-23(29)22(14-18)28(2,3)27(33)34/h5-14,20H,15-16H2,1-4H3,(H,30,32)(H,33,34)/t20-/m0/s1. The molecule has 7 nitrogen and oxygen atoms in total. The van der Waals surface area contributed by atoms with Gasteiger partial charge in [-0.2, -0.15) is 0 Å². The maximum atomic E-state index is 13.0. The zero-order chi connectivity index (χ0) is 26.0. The summed E-state index contributed by atoms with van der Waals surface area (Å²) in [6.07, 6.45) is -0.123. The van der Waals surface area contributed by atoms with Crippen molar-refractivity contribution in [3.8, 4) is 11.5 Å². The maximum absolute atomic E-state index is 13.0. The number of halogens is 1. The number of hydrogen-bond acceptors (Lipinski definition) is 5. The number of aryl methyl sites for hydroxylation is 1. The van der Waals surface area contributed by atoms with Crippen LogP contribution < -0.4 is 19.7 Å². The Bertz CT molecular complexity index is 1310. The van der Waals surface area contributed by atoms with Crippen molar-refractivity contribution < 1.29 is 24.2 Å². The van der Waals surface area contributed by atoms with Gasteiger partial charge in [-0.05, 0) is 80.4 Å². The molecule has 0 radical (unpaired) electrons. The van der Waals surface area contributed by atoms with Crippen LogP contribution in [0.15, 0.2) is 60.7 Å². The van der Waals surface area contributed by atoms with Crippen LogP contribution in [0.1, 0.15) is 35.3 Å². The summed E-state index contributed by atoms with van der Waals surface area (Å²) in [6.45, 7) is 6.05. The van der Waals surface area contributed by atoms with Crippen molar-refractivity contribution in [1.29, 1.82) is 0 Å². The third kappa shape index (κ3) is 5.26. The summed E-state index contributed by atoms with van der Waals surface area (Å²) in [5, 5.41) is 12.7. The lowest BCUT2D eigenvalue weighted by atomic mass is 9.84. The quantitative estimate of drug-likeness (QED) is 0.435. The van der Waals surface area contributed by atoms with E-state index in [2.05, 4.69) is 10.2 Å². The molecule has 1 aliphatic rings. The van der Waals surface area contributed by atoms with Crippen LogP contribution in [0.2, 0.25) is 5.02 Å². The Hall–Kier alpha value is -3.71. The van der Waals surface area contributed by atoms with Gasteiger partial charge in [-0.1, -0.05) is 23.7 Å². The average Bonchev–Trinajstić information content (AvgIpc) is 2.83. The van der Waals surface area contributed by atoms with E-state index in [0.29, 0.717) is 40.7 Å². The summed E-state index contributed by atoms with van der Waals surface area (Å²) in [6, 6.07) is 18.0. The molecule has 1 atom stereocenters. The summed E-state index contributed by atoms with van der Waals surface area (Å²) >= 11 is 6.24. The molecule has 1 amide bonds. The van der Waals surface area contributed by atoms with Crippen LogP contribution in [0.4, 0.5) is 11.4 Å². The number of ether oxygens (including phenoxy) is 2. The van der Waals surface area contributed by atoms with Crippen molar-refractivity contribution in [2.24, 2.45) is 0 Å². The maximum Gasteiger partial charge on any atom is 0.313 e. The van der Waals surface area contributed by atoms with Gasteiger partial charge < -0.3 is 24.8 Å². The van der Waals surface area contributed by atoms with Crippen LogP contribution in [0.25, 0.3) is 0 Å². The smallest absolute Gasteiger partial charge is 0.313 e. The molecule has 0 fully saturated rings. The van der Waals surface area contributed by atoms with Gasteiger partial charge in [0.2, 0.25) is 0 Å². The van der Waals surface area contributed by atoms with Gasteiger partial charge in [-0.15, -0.1) is 0 Å². The summed E-state index contributed by atoms with van der Waals surface area (Å²) in [4.78, 5) is 26.8. The molecule has 4 rings (SSSR count). The molecule has 0 aromatic heterocycles. The van der Waals surface area contributed by atoms with Crippen LogP contribution >= 0.6 is 11.6 Å². The Kier molecular flexibility index (Phi) is 7.13. The number of para-hydroxylation sites is 2. The van der Waals surface area contributed by atoms with Crippen molar-refractivity contribution in [2.45, 2.75) is 32.3 Å². The molecular weight excluding hydrogens is 480 g/mol. The summed E-state index contributed by atoms with van der Waals surface area (Å²) in [5.41, 5.74) is 1.97. The highest BCUT2D eigenvalue weighted by Gasteiger charge is 2.32. The Morgan fingerprint density at radius 2 is 1.92 bits per heavy atom. The Morgan fingerprint density at radius 3 is 2.64 bits per heavy atom. The molecule has 0 spiro atoms. The number of fused-ring (bicyclic) bond motifs is 1. The molecule has 188 valence electrons. The zero-order valence-corrected chi connectivity index (χ0v) is 21.4. The minimum atomic E-state index is -1.20. The Labute approximate surface area is 215 Å². The molecule has 8 heteroatoms. The number of nitrogens with zero attached hydrogens (tertiary/aromatic N) is 1. The van der Waals surface area contributed by atoms with E-state index in [-0.39, 0.29) is 12.0 Å². The van der Waals surface area contributed by atoms with E-state index in [1.807, 2.05) is 44.3 Å². The van der Waals surface area contributed by atoms with Crippen molar-refractivity contribution in [3.05, 3.63) is 82.4 Å². The van der Waals surface area contributed by atoms with E-state index in [9.17, 15) is 14.7 Å². The van der Waals surface area contributed by atoms with E-state index in [4.69, 9.17) is 21.1 Å². The van der Waals surface area contributed by atoms with Crippen LogP contribution in [0.5, 0.6) is 11.5 Å². The first-order valence-corrected chi connectivity index (χ1v) is 12.0. The van der Waals surface area contributed by atoms with E-state index < -0.39 is 11.4 Å². The highest BCUT2D eigenvalue weighted by molar-refractivity contribution is 6.32. The number of carboxylic acids is 1. The van der Waals surface area contributed by atoms with E-state index in [1.54, 1.807) is 44.2 Å². The number of rotatable bonds is 7. The molecule has 2 N–H and O–H groups in total. The van der Waals surface area contributed by atoms with Crippen molar-refractivity contribution in [3.63, 3.8) is 0 Å². The number of benzene rings is 3. The second-order valence-electron chi connectivity index (χ2n) is 9.45. The van der Waals surface area contributed by atoms with Crippen LogP contribution in [0.3, 0.4) is 0 Å². The summed E-state index contributed by atoms with van der Waals surface area (Å²) < 4.78 is 12.0. The summed E-state index contributed by atoms with van der Waals surface area (Å²) in [5.74, 6) is 0.161. The number of hydrogen-bond donors (Lipinski definition) is 2. The van der Waals surface area contributed by atoms with Crippen LogP contribution in [-0.2, 0) is 10.2 Å². The normalized spacial score (nSPS) is 15.0. The first-order chi connectivity index (χ1) is 17.1. The molecule has 0 bridgehead atoms. The fourth-order valence-electron chi connectivity index (χ4n) is 4.15. The second-order valence-corrected chi connectivity index (χ2v) is 9.86. The molecule has 0 saturated heterocycles. The van der Waals surface area contributed by atoms with Crippen LogP contribution in [0, 0.1) is 6.92 Å². The minimum absolute atomic E-state index is 0.123. The third-order valence-electron chi connectivity index (χ3n) is 6.36. The number of anilines is 2. The molecule has 0 saturated carbocycles. The largest absolute Gasteiger partial charge is 0.490 e. The minimum Gasteiger partial charge on any atom is -0.490 e. The Morgan fingerprint density at radius 1 is 1.17 bits per heavy atom. The van der Waals surface area contributed by atoms with Gasteiger partial charge in [-0.25, -0.2) is 0 Å². The lowest BCUT2D eigenvalue weighted by molar-refractivity contribution is -0.142. The monoisotopic (exact) mass is 508 g/mol. The molecule has 3 aromatic rings. The SMILES string of the molecule is Cc1cc(OC[C@@H]2CN(C)c3ccccc3O2)ccc1C(=O)Nc1ccc(Cl)c(C(C)(C)C(=O)O)c1. The number of likely N-dealkylation sites (N-methyl/N-ethyl adjacent to an activating group) is 1. The molecule has 0 unspecified atom stereocenters. The van der Waals surface area contributed by atoms with Gasteiger partial charge >= 0.3 is 5.97 Å². The molecule has 1 aliphatic heterocycles. The van der Waals surface area contributed by atoms with E-state index >= 15 is 0 Å². The predicted octanol–water partition coefficient (Wildman–Crippen LogP) is 5.54. The number of carbonyl (C=O) groups is 2. The lowest BCUT2D eigenvalue weighted by Gasteiger charge is -2.33. The van der Waals surface area contributed by atoms with Crippen molar-refractivity contribution >= 4 is 34.9 Å². The van der Waals surface area contributed by atoms with Crippen molar-refractivity contribution in [2.75, 3.05) is 30.4 Å². The molecule has 3 aromatic carbocycles. The highest BCUT2D eigenvalue weighted by Crippen LogP contribution is 2.33. The van der Waals surface area contributed by atoms with Gasteiger partial charge in [0, 0.05) is 23.3 Å². The molecule has 36 heavy (non-hydrogen) atoms. The number of aliphatic carboxylic acids is 1. The molecular formula is C28H29ClN2O5. The number of carboxylic acid groups (broad SMARTS) is 1. The average molecular weight is 509 g/mol. The first-order valence-electron chi connectivity index (χ1n) is 11.6. The topological polar surface area (TPSA) is 88.1 Å². The number of amides is 1. The molecule has 0 aliphatic carbocycles. The van der Waals surface area contributed by atoms with E-state index in [1.165, 1.54) is 0 Å². The second kappa shape index (κ2) is 10.1. The van der Waals surface area contributed by atoms with Crippen LogP contribution in [-0.4, -0.2) is 43.3 Å². The fourth-order valence-corrected chi connectivity index (χ4v) is 4.50. The van der Waals surface area contributed by atoms with Gasteiger partial charge in [0.1, 0.15) is 24.2 Å². The number of carbonyl (C=O) groups excluding carboxylic acids is 1. The zero-order valence-electron chi connectivity index (χ0n) is 20.7. The summed E-state index contributed by atoms with van der Waals surface area (Å²) in [7, 11) is 2.03. The fraction of sp³-hybridized carbons (Fsp3) is 0.286. The number of nitrogens with one attached hydrogen (secondary N) is 1. The predicted molar refractivity (Wildman–Crippen MR) is 141 cm³/mol. The lowest BCUT2D eigenvalue weighted by Crippen LogP contribution is -2.41. The Balaban J connectivity index is 1.42. The van der Waals surface area contributed by atoms with E-state index in [0.717, 1.165) is 17.0 Å². The van der Waals surface area contributed by atoms with Gasteiger partial charge in [0.05, 0.1) is 17.6 Å². The van der Waals surface area contributed by atoms with Gasteiger partial charge in [-0.3, -0.25) is 9.59 Å². The molecule has 1 heterocycles. The van der Waals surface area contributed by atoms with Gasteiger partial charge in [0.15, 0.2) is 0 Å². The third-order valence-corrected chi connectivity index (χ3v) is 6.69. The van der Waals surface area contributed by atoms with Gasteiger partial charge in [0.25, 0.3) is 5.91 Å². The van der Waals surface area contributed by atoms with Crippen molar-refractivity contribution in [1.82, 2.24) is 0 Å². The highest BCUT2D eigenvalue weighted by atomic mass is 35.5.